The lowest BCUT2D eigenvalue weighted by Crippen LogP contribution is -2.33. The Morgan fingerprint density at radius 1 is 1.18 bits per heavy atom. The van der Waals surface area contributed by atoms with E-state index in [2.05, 4.69) is 5.32 Å². The Morgan fingerprint density at radius 2 is 1.91 bits per heavy atom. The molecule has 0 saturated heterocycles. The van der Waals surface area contributed by atoms with E-state index in [0.29, 0.717) is 12.2 Å². The number of hydrogen-bond donors (Lipinski definition) is 1. The van der Waals surface area contributed by atoms with Crippen LogP contribution in [-0.2, 0) is 11.2 Å². The van der Waals surface area contributed by atoms with Gasteiger partial charge in [0.05, 0.1) is 11.5 Å². The SMILES string of the molecule is O=C(NC1OCCc2ccccc21)c1ccc([N+](=O)[O-])cc1. The van der Waals surface area contributed by atoms with Gasteiger partial charge in [0, 0.05) is 23.3 Å². The van der Waals surface area contributed by atoms with Crippen LogP contribution >= 0.6 is 0 Å². The molecule has 1 unspecified atom stereocenters. The molecule has 0 saturated carbocycles. The highest BCUT2D eigenvalue weighted by Crippen LogP contribution is 2.25. The molecule has 1 aliphatic heterocycles. The van der Waals surface area contributed by atoms with Gasteiger partial charge in [-0.15, -0.1) is 0 Å². The van der Waals surface area contributed by atoms with Gasteiger partial charge in [-0.2, -0.15) is 0 Å². The summed E-state index contributed by atoms with van der Waals surface area (Å²) >= 11 is 0. The van der Waals surface area contributed by atoms with E-state index >= 15 is 0 Å². The Bertz CT molecular complexity index is 712. The zero-order valence-corrected chi connectivity index (χ0v) is 11.7. The van der Waals surface area contributed by atoms with E-state index in [1.807, 2.05) is 24.3 Å². The summed E-state index contributed by atoms with van der Waals surface area (Å²) in [5, 5.41) is 13.4. The number of amides is 1. The molecule has 6 heteroatoms. The van der Waals surface area contributed by atoms with E-state index in [4.69, 9.17) is 4.74 Å². The van der Waals surface area contributed by atoms with Crippen LogP contribution in [0.5, 0.6) is 0 Å². The van der Waals surface area contributed by atoms with Crippen LogP contribution in [0, 0.1) is 10.1 Å². The molecule has 0 radical (unpaired) electrons. The zero-order chi connectivity index (χ0) is 15.5. The van der Waals surface area contributed by atoms with Gasteiger partial charge in [-0.05, 0) is 24.1 Å². The fourth-order valence-corrected chi connectivity index (χ4v) is 2.45. The highest BCUT2D eigenvalue weighted by atomic mass is 16.6. The molecular formula is C16H14N2O4. The second kappa shape index (κ2) is 5.95. The van der Waals surface area contributed by atoms with Crippen LogP contribution in [0.3, 0.4) is 0 Å². The number of nitro groups is 1. The van der Waals surface area contributed by atoms with Gasteiger partial charge in [-0.25, -0.2) is 0 Å². The number of nitrogens with one attached hydrogen (secondary N) is 1. The van der Waals surface area contributed by atoms with Crippen molar-refractivity contribution in [3.63, 3.8) is 0 Å². The first-order valence-electron chi connectivity index (χ1n) is 6.90. The molecule has 22 heavy (non-hydrogen) atoms. The number of nitrogens with zero attached hydrogens (tertiary/aromatic N) is 1. The third-order valence-electron chi connectivity index (χ3n) is 3.60. The lowest BCUT2D eigenvalue weighted by Gasteiger charge is -2.26. The summed E-state index contributed by atoms with van der Waals surface area (Å²) in [6.45, 7) is 0.544. The Balaban J connectivity index is 1.76. The predicted octanol–water partition coefficient (Wildman–Crippen LogP) is 2.60. The van der Waals surface area contributed by atoms with Crippen LogP contribution < -0.4 is 5.32 Å². The summed E-state index contributed by atoms with van der Waals surface area (Å²) in [4.78, 5) is 22.4. The molecule has 1 atom stereocenters. The Kier molecular flexibility index (Phi) is 3.84. The second-order valence-corrected chi connectivity index (χ2v) is 4.98. The number of non-ortho nitro benzene ring substituents is 1. The molecule has 1 N–H and O–H groups in total. The maximum atomic E-state index is 12.2. The molecule has 0 aliphatic carbocycles. The summed E-state index contributed by atoms with van der Waals surface area (Å²) in [6.07, 6.45) is 0.327. The number of ether oxygens (including phenoxy) is 1. The molecule has 2 aromatic rings. The van der Waals surface area contributed by atoms with E-state index in [1.165, 1.54) is 24.3 Å². The molecule has 1 heterocycles. The second-order valence-electron chi connectivity index (χ2n) is 4.98. The van der Waals surface area contributed by atoms with Crippen molar-refractivity contribution in [3.05, 3.63) is 75.3 Å². The summed E-state index contributed by atoms with van der Waals surface area (Å²) < 4.78 is 5.62. The fraction of sp³-hybridized carbons (Fsp3) is 0.188. The van der Waals surface area contributed by atoms with Gasteiger partial charge in [0.25, 0.3) is 11.6 Å². The van der Waals surface area contributed by atoms with E-state index in [-0.39, 0.29) is 11.6 Å². The predicted molar refractivity (Wildman–Crippen MR) is 79.4 cm³/mol. The highest BCUT2D eigenvalue weighted by molar-refractivity contribution is 5.94. The molecule has 1 aliphatic rings. The van der Waals surface area contributed by atoms with Crippen LogP contribution in [0.25, 0.3) is 0 Å². The molecule has 0 aromatic heterocycles. The van der Waals surface area contributed by atoms with Crippen molar-refractivity contribution in [1.29, 1.82) is 0 Å². The largest absolute Gasteiger partial charge is 0.354 e. The van der Waals surface area contributed by atoms with Gasteiger partial charge < -0.3 is 10.1 Å². The molecule has 3 rings (SSSR count). The van der Waals surface area contributed by atoms with Gasteiger partial charge in [0.2, 0.25) is 0 Å². The number of nitro benzene ring substituents is 1. The van der Waals surface area contributed by atoms with Crippen molar-refractivity contribution in [2.75, 3.05) is 6.61 Å². The summed E-state index contributed by atoms with van der Waals surface area (Å²) in [5.41, 5.74) is 2.42. The number of carbonyl (C=O) groups is 1. The lowest BCUT2D eigenvalue weighted by molar-refractivity contribution is -0.384. The van der Waals surface area contributed by atoms with Crippen molar-refractivity contribution in [2.45, 2.75) is 12.6 Å². The maximum absolute atomic E-state index is 12.2. The van der Waals surface area contributed by atoms with Gasteiger partial charge in [-0.1, -0.05) is 24.3 Å². The zero-order valence-electron chi connectivity index (χ0n) is 11.7. The average Bonchev–Trinajstić information content (AvgIpc) is 2.55. The minimum Gasteiger partial charge on any atom is -0.354 e. The first-order valence-corrected chi connectivity index (χ1v) is 6.90. The number of fused-ring (bicyclic) bond motifs is 1. The van der Waals surface area contributed by atoms with Crippen LogP contribution in [-0.4, -0.2) is 17.4 Å². The Labute approximate surface area is 126 Å². The molecule has 0 spiro atoms. The number of hydrogen-bond acceptors (Lipinski definition) is 4. The Hall–Kier alpha value is -2.73. The van der Waals surface area contributed by atoms with Gasteiger partial charge in [0.15, 0.2) is 6.23 Å². The summed E-state index contributed by atoms with van der Waals surface area (Å²) in [5.74, 6) is -0.323. The molecular weight excluding hydrogens is 284 g/mol. The van der Waals surface area contributed by atoms with Crippen molar-refractivity contribution < 1.29 is 14.5 Å². The summed E-state index contributed by atoms with van der Waals surface area (Å²) in [7, 11) is 0. The molecule has 0 bridgehead atoms. The molecule has 6 nitrogen and oxygen atoms in total. The molecule has 2 aromatic carbocycles. The van der Waals surface area contributed by atoms with Crippen LogP contribution in [0.2, 0.25) is 0 Å². The third kappa shape index (κ3) is 2.82. The van der Waals surface area contributed by atoms with Crippen molar-refractivity contribution >= 4 is 11.6 Å². The van der Waals surface area contributed by atoms with Crippen molar-refractivity contribution in [1.82, 2.24) is 5.32 Å². The average molecular weight is 298 g/mol. The van der Waals surface area contributed by atoms with Crippen molar-refractivity contribution in [2.24, 2.45) is 0 Å². The van der Waals surface area contributed by atoms with Crippen molar-refractivity contribution in [3.8, 4) is 0 Å². The summed E-state index contributed by atoms with van der Waals surface area (Å²) in [6, 6.07) is 13.3. The number of rotatable bonds is 3. The van der Waals surface area contributed by atoms with E-state index in [1.54, 1.807) is 0 Å². The first kappa shape index (κ1) is 14.2. The number of carbonyl (C=O) groups excluding carboxylic acids is 1. The maximum Gasteiger partial charge on any atom is 0.269 e. The smallest absolute Gasteiger partial charge is 0.269 e. The lowest BCUT2D eigenvalue weighted by atomic mass is 10.0. The highest BCUT2D eigenvalue weighted by Gasteiger charge is 2.22. The molecule has 0 fully saturated rings. The third-order valence-corrected chi connectivity index (χ3v) is 3.60. The van der Waals surface area contributed by atoms with Crippen LogP contribution in [0.4, 0.5) is 5.69 Å². The van der Waals surface area contributed by atoms with E-state index in [9.17, 15) is 14.9 Å². The van der Waals surface area contributed by atoms with Gasteiger partial charge in [-0.3, -0.25) is 14.9 Å². The minimum atomic E-state index is -0.498. The first-order chi connectivity index (χ1) is 10.6. The topological polar surface area (TPSA) is 81.5 Å². The van der Waals surface area contributed by atoms with Gasteiger partial charge >= 0.3 is 0 Å². The Morgan fingerprint density at radius 3 is 2.64 bits per heavy atom. The minimum absolute atomic E-state index is 0.0455. The number of benzene rings is 2. The standard InChI is InChI=1S/C16H14N2O4/c19-15(12-5-7-13(8-6-12)18(20)21)17-16-14-4-2-1-3-11(14)9-10-22-16/h1-8,16H,9-10H2,(H,17,19). The monoisotopic (exact) mass is 298 g/mol. The normalized spacial score (nSPS) is 16.6. The van der Waals surface area contributed by atoms with E-state index < -0.39 is 11.2 Å². The van der Waals surface area contributed by atoms with E-state index in [0.717, 1.165) is 17.5 Å². The van der Waals surface area contributed by atoms with Gasteiger partial charge in [0.1, 0.15) is 0 Å². The molecule has 1 amide bonds. The fourth-order valence-electron chi connectivity index (χ4n) is 2.45. The molecule has 112 valence electrons. The van der Waals surface area contributed by atoms with Crippen LogP contribution in [0.1, 0.15) is 27.7 Å². The quantitative estimate of drug-likeness (QED) is 0.697. The van der Waals surface area contributed by atoms with Crippen LogP contribution in [0.15, 0.2) is 48.5 Å².